The summed E-state index contributed by atoms with van der Waals surface area (Å²) < 4.78 is 0.928. The zero-order chi connectivity index (χ0) is 10.8. The molecule has 0 aliphatic carbocycles. The minimum atomic E-state index is -0.433. The summed E-state index contributed by atoms with van der Waals surface area (Å²) in [6.45, 7) is 0. The summed E-state index contributed by atoms with van der Waals surface area (Å²) in [5, 5.41) is 0.788. The Labute approximate surface area is 99.1 Å². The molecule has 0 unspecified atom stereocenters. The van der Waals surface area contributed by atoms with Gasteiger partial charge >= 0.3 is 0 Å². The van der Waals surface area contributed by atoms with Crippen molar-refractivity contribution in [3.05, 3.63) is 39.8 Å². The minimum Gasteiger partial charge on any atom is -0.366 e. The second kappa shape index (κ2) is 4.12. The van der Waals surface area contributed by atoms with Crippen LogP contribution in [0.3, 0.4) is 0 Å². The molecule has 0 aliphatic rings. The van der Waals surface area contributed by atoms with E-state index in [1.807, 2.05) is 12.1 Å². The van der Waals surface area contributed by atoms with Gasteiger partial charge in [-0.2, -0.15) is 0 Å². The van der Waals surface area contributed by atoms with Crippen LogP contribution in [0.1, 0.15) is 10.4 Å². The Hall–Kier alpha value is -1.20. The number of aromatic nitrogens is 1. The molecule has 0 radical (unpaired) electrons. The maximum absolute atomic E-state index is 11.2. The SMILES string of the molecule is NC(=O)c1ccccc1-c1ncc(Br)s1. The van der Waals surface area contributed by atoms with Crippen molar-refractivity contribution in [1.82, 2.24) is 4.98 Å². The molecule has 0 spiro atoms. The number of carbonyl (C=O) groups is 1. The van der Waals surface area contributed by atoms with E-state index in [0.717, 1.165) is 14.4 Å². The highest BCUT2D eigenvalue weighted by molar-refractivity contribution is 9.11. The number of primary amides is 1. The van der Waals surface area contributed by atoms with Crippen LogP contribution in [0.5, 0.6) is 0 Å². The highest BCUT2D eigenvalue weighted by Gasteiger charge is 2.11. The van der Waals surface area contributed by atoms with Crippen molar-refractivity contribution in [1.29, 1.82) is 0 Å². The second-order valence-electron chi connectivity index (χ2n) is 2.88. The first-order valence-electron chi connectivity index (χ1n) is 4.19. The number of thiazole rings is 1. The van der Waals surface area contributed by atoms with Crippen LogP contribution in [0.25, 0.3) is 10.6 Å². The molecule has 1 amide bonds. The van der Waals surface area contributed by atoms with Gasteiger partial charge in [0.05, 0.1) is 9.98 Å². The monoisotopic (exact) mass is 282 g/mol. The Morgan fingerprint density at radius 3 is 2.73 bits per heavy atom. The molecule has 0 aliphatic heterocycles. The third kappa shape index (κ3) is 2.08. The predicted molar refractivity (Wildman–Crippen MR) is 63.8 cm³/mol. The predicted octanol–water partition coefficient (Wildman–Crippen LogP) is 2.67. The molecule has 0 saturated heterocycles. The van der Waals surface area contributed by atoms with E-state index in [4.69, 9.17) is 5.73 Å². The van der Waals surface area contributed by atoms with Gasteiger partial charge in [-0.15, -0.1) is 11.3 Å². The molecule has 5 heteroatoms. The lowest BCUT2D eigenvalue weighted by Gasteiger charge is -2.01. The van der Waals surface area contributed by atoms with Crippen molar-refractivity contribution < 1.29 is 4.79 Å². The van der Waals surface area contributed by atoms with Crippen LogP contribution in [-0.4, -0.2) is 10.9 Å². The van der Waals surface area contributed by atoms with Gasteiger partial charge in [0.15, 0.2) is 0 Å². The Bertz CT molecular complexity index is 510. The normalized spacial score (nSPS) is 10.2. The largest absolute Gasteiger partial charge is 0.366 e. The lowest BCUT2D eigenvalue weighted by molar-refractivity contribution is 0.100. The number of benzene rings is 1. The van der Waals surface area contributed by atoms with Crippen LogP contribution in [0.2, 0.25) is 0 Å². The molecule has 15 heavy (non-hydrogen) atoms. The zero-order valence-corrected chi connectivity index (χ0v) is 10.0. The number of hydrogen-bond donors (Lipinski definition) is 1. The molecule has 2 N–H and O–H groups in total. The maximum Gasteiger partial charge on any atom is 0.249 e. The summed E-state index contributed by atoms with van der Waals surface area (Å²) >= 11 is 4.80. The van der Waals surface area contributed by atoms with Gasteiger partial charge in [-0.05, 0) is 22.0 Å². The molecule has 0 saturated carbocycles. The van der Waals surface area contributed by atoms with Crippen molar-refractivity contribution in [3.8, 4) is 10.6 Å². The zero-order valence-electron chi connectivity index (χ0n) is 7.61. The Morgan fingerprint density at radius 1 is 1.40 bits per heavy atom. The van der Waals surface area contributed by atoms with E-state index in [1.165, 1.54) is 11.3 Å². The summed E-state index contributed by atoms with van der Waals surface area (Å²) in [7, 11) is 0. The van der Waals surface area contributed by atoms with Crippen LogP contribution in [0.4, 0.5) is 0 Å². The van der Waals surface area contributed by atoms with Gasteiger partial charge in [0.2, 0.25) is 5.91 Å². The third-order valence-electron chi connectivity index (χ3n) is 1.90. The molecule has 1 aromatic carbocycles. The maximum atomic E-state index is 11.2. The smallest absolute Gasteiger partial charge is 0.249 e. The molecule has 3 nitrogen and oxygen atoms in total. The van der Waals surface area contributed by atoms with Crippen LogP contribution in [-0.2, 0) is 0 Å². The summed E-state index contributed by atoms with van der Waals surface area (Å²) in [6.07, 6.45) is 1.71. The highest BCUT2D eigenvalue weighted by atomic mass is 79.9. The van der Waals surface area contributed by atoms with Crippen LogP contribution >= 0.6 is 27.3 Å². The third-order valence-corrected chi connectivity index (χ3v) is 3.41. The van der Waals surface area contributed by atoms with Gasteiger partial charge in [-0.1, -0.05) is 18.2 Å². The number of carbonyl (C=O) groups excluding carboxylic acids is 1. The quantitative estimate of drug-likeness (QED) is 0.921. The van der Waals surface area contributed by atoms with Crippen LogP contribution < -0.4 is 5.73 Å². The van der Waals surface area contributed by atoms with Crippen LogP contribution in [0.15, 0.2) is 34.2 Å². The van der Waals surface area contributed by atoms with E-state index in [2.05, 4.69) is 20.9 Å². The molecular formula is C10H7BrN2OS. The molecule has 0 atom stereocenters. The molecule has 2 aromatic rings. The molecule has 0 bridgehead atoms. The fraction of sp³-hybridized carbons (Fsp3) is 0. The van der Waals surface area contributed by atoms with E-state index >= 15 is 0 Å². The van der Waals surface area contributed by atoms with Gasteiger partial charge in [-0.25, -0.2) is 4.98 Å². The summed E-state index contributed by atoms with van der Waals surface area (Å²) in [4.78, 5) is 15.4. The Morgan fingerprint density at radius 2 is 2.13 bits per heavy atom. The fourth-order valence-corrected chi connectivity index (χ4v) is 2.51. The van der Waals surface area contributed by atoms with E-state index in [-0.39, 0.29) is 0 Å². The summed E-state index contributed by atoms with van der Waals surface area (Å²) in [5.41, 5.74) is 6.56. The lowest BCUT2D eigenvalue weighted by atomic mass is 10.1. The van der Waals surface area contributed by atoms with Crippen molar-refractivity contribution in [2.45, 2.75) is 0 Å². The first-order valence-corrected chi connectivity index (χ1v) is 5.80. The average Bonchev–Trinajstić information content (AvgIpc) is 2.65. The molecule has 2 rings (SSSR count). The average molecular weight is 283 g/mol. The van der Waals surface area contributed by atoms with Gasteiger partial charge in [0.1, 0.15) is 5.01 Å². The highest BCUT2D eigenvalue weighted by Crippen LogP contribution is 2.30. The molecular weight excluding hydrogens is 276 g/mol. The molecule has 76 valence electrons. The number of hydrogen-bond acceptors (Lipinski definition) is 3. The van der Waals surface area contributed by atoms with E-state index in [1.54, 1.807) is 18.3 Å². The molecule has 1 heterocycles. The van der Waals surface area contributed by atoms with Gasteiger partial charge < -0.3 is 5.73 Å². The van der Waals surface area contributed by atoms with Crippen molar-refractivity contribution in [3.63, 3.8) is 0 Å². The summed E-state index contributed by atoms with van der Waals surface area (Å²) in [6, 6.07) is 7.18. The molecule has 0 fully saturated rings. The first kappa shape index (κ1) is 10.3. The lowest BCUT2D eigenvalue weighted by Crippen LogP contribution is -2.12. The standard InChI is InChI=1S/C10H7BrN2OS/c11-8-5-13-10(15-8)7-4-2-1-3-6(7)9(12)14/h1-5H,(H2,12,14). The number of rotatable bonds is 2. The van der Waals surface area contributed by atoms with Gasteiger partial charge in [0, 0.05) is 11.1 Å². The van der Waals surface area contributed by atoms with Gasteiger partial charge in [-0.3, -0.25) is 4.79 Å². The van der Waals surface area contributed by atoms with Crippen molar-refractivity contribution in [2.75, 3.05) is 0 Å². The first-order chi connectivity index (χ1) is 7.18. The number of nitrogens with two attached hydrogens (primary N) is 1. The van der Waals surface area contributed by atoms with Crippen LogP contribution in [0, 0.1) is 0 Å². The summed E-state index contributed by atoms with van der Waals surface area (Å²) in [5.74, 6) is -0.433. The fourth-order valence-electron chi connectivity index (χ4n) is 1.26. The topological polar surface area (TPSA) is 56.0 Å². The Balaban J connectivity index is 2.57. The molecule has 1 aromatic heterocycles. The number of halogens is 1. The van der Waals surface area contributed by atoms with Gasteiger partial charge in [0.25, 0.3) is 0 Å². The van der Waals surface area contributed by atoms with Crippen molar-refractivity contribution in [2.24, 2.45) is 5.73 Å². The van der Waals surface area contributed by atoms with E-state index < -0.39 is 5.91 Å². The minimum absolute atomic E-state index is 0.433. The van der Waals surface area contributed by atoms with Crippen molar-refractivity contribution >= 4 is 33.2 Å². The van der Waals surface area contributed by atoms with E-state index in [9.17, 15) is 4.79 Å². The number of nitrogens with zero attached hydrogens (tertiary/aromatic N) is 1. The number of amides is 1. The Kier molecular flexibility index (Phi) is 2.83. The second-order valence-corrected chi connectivity index (χ2v) is 5.29. The van der Waals surface area contributed by atoms with E-state index in [0.29, 0.717) is 5.56 Å².